The van der Waals surface area contributed by atoms with Crippen molar-refractivity contribution in [2.75, 3.05) is 13.1 Å². The number of carboxylic acids is 1. The van der Waals surface area contributed by atoms with Crippen LogP contribution in [0.15, 0.2) is 0 Å². The number of hydrogen-bond donors (Lipinski definition) is 2. The molecule has 0 spiro atoms. The molecule has 1 saturated heterocycles. The standard InChI is InChI=1S/C15H25NO5/c1-13(2,3)21-12(19)16-9-8-14(10-16,11(17)18)15(20)6-4-5-7-15/h20H,4-10H2,1-3H3,(H,17,18). The highest BCUT2D eigenvalue weighted by Crippen LogP contribution is 2.49. The minimum atomic E-state index is -1.26. The third kappa shape index (κ3) is 2.86. The highest BCUT2D eigenvalue weighted by Gasteiger charge is 2.60. The summed E-state index contributed by atoms with van der Waals surface area (Å²) in [6.45, 7) is 5.65. The number of carbonyl (C=O) groups excluding carboxylic acids is 1. The fraction of sp³-hybridized carbons (Fsp3) is 0.867. The molecule has 0 bridgehead atoms. The Morgan fingerprint density at radius 3 is 2.19 bits per heavy atom. The molecule has 21 heavy (non-hydrogen) atoms. The van der Waals surface area contributed by atoms with Gasteiger partial charge in [-0.25, -0.2) is 4.79 Å². The molecular formula is C15H25NO5. The van der Waals surface area contributed by atoms with Gasteiger partial charge in [0.1, 0.15) is 11.0 Å². The maximum absolute atomic E-state index is 12.1. The monoisotopic (exact) mass is 299 g/mol. The summed E-state index contributed by atoms with van der Waals surface area (Å²) in [4.78, 5) is 25.4. The molecule has 2 rings (SSSR count). The summed E-state index contributed by atoms with van der Waals surface area (Å²) in [5.41, 5.74) is -3.09. The van der Waals surface area contributed by atoms with Gasteiger partial charge in [-0.2, -0.15) is 0 Å². The van der Waals surface area contributed by atoms with E-state index < -0.39 is 28.7 Å². The summed E-state index contributed by atoms with van der Waals surface area (Å²) in [6, 6.07) is 0. The lowest BCUT2D eigenvalue weighted by molar-refractivity contribution is -0.167. The van der Waals surface area contributed by atoms with Crippen molar-refractivity contribution in [2.24, 2.45) is 5.41 Å². The summed E-state index contributed by atoms with van der Waals surface area (Å²) < 4.78 is 5.30. The molecule has 1 heterocycles. The summed E-state index contributed by atoms with van der Waals surface area (Å²) in [6.07, 6.45) is 2.41. The highest BCUT2D eigenvalue weighted by molar-refractivity contribution is 5.79. The quantitative estimate of drug-likeness (QED) is 0.814. The van der Waals surface area contributed by atoms with Crippen LogP contribution < -0.4 is 0 Å². The summed E-state index contributed by atoms with van der Waals surface area (Å²) in [5.74, 6) is -1.02. The van der Waals surface area contributed by atoms with Gasteiger partial charge in [-0.3, -0.25) is 4.79 Å². The first-order valence-electron chi connectivity index (χ1n) is 7.53. The smallest absolute Gasteiger partial charge is 0.410 e. The van der Waals surface area contributed by atoms with Crippen molar-refractivity contribution in [2.45, 2.75) is 64.1 Å². The minimum absolute atomic E-state index is 0.0216. The van der Waals surface area contributed by atoms with Gasteiger partial charge in [0.15, 0.2) is 0 Å². The summed E-state index contributed by atoms with van der Waals surface area (Å²) in [7, 11) is 0. The molecule has 0 radical (unpaired) electrons. The maximum Gasteiger partial charge on any atom is 0.410 e. The molecule has 2 fully saturated rings. The molecular weight excluding hydrogens is 274 g/mol. The third-order valence-corrected chi connectivity index (χ3v) is 4.65. The fourth-order valence-corrected chi connectivity index (χ4v) is 3.48. The van der Waals surface area contributed by atoms with Gasteiger partial charge in [-0.15, -0.1) is 0 Å². The van der Waals surface area contributed by atoms with E-state index in [2.05, 4.69) is 0 Å². The van der Waals surface area contributed by atoms with Gasteiger partial charge in [0.05, 0.1) is 5.60 Å². The molecule has 0 aromatic rings. The number of aliphatic carboxylic acids is 1. The number of nitrogens with zero attached hydrogens (tertiary/aromatic N) is 1. The first-order chi connectivity index (χ1) is 9.60. The second-order valence-corrected chi connectivity index (χ2v) is 7.28. The zero-order valence-corrected chi connectivity index (χ0v) is 13.0. The van der Waals surface area contributed by atoms with E-state index in [1.54, 1.807) is 20.8 Å². The van der Waals surface area contributed by atoms with E-state index in [1.807, 2.05) is 0 Å². The fourth-order valence-electron chi connectivity index (χ4n) is 3.48. The number of carboxylic acid groups (broad SMARTS) is 1. The molecule has 6 nitrogen and oxygen atoms in total. The van der Waals surface area contributed by atoms with Crippen molar-refractivity contribution < 1.29 is 24.5 Å². The number of carbonyl (C=O) groups is 2. The number of amides is 1. The Balaban J connectivity index is 2.17. The summed E-state index contributed by atoms with van der Waals surface area (Å²) in [5, 5.41) is 20.5. The highest BCUT2D eigenvalue weighted by atomic mass is 16.6. The molecule has 1 atom stereocenters. The third-order valence-electron chi connectivity index (χ3n) is 4.65. The molecule has 1 saturated carbocycles. The average Bonchev–Trinajstić information content (AvgIpc) is 2.94. The lowest BCUT2D eigenvalue weighted by atomic mass is 9.70. The molecule has 1 aliphatic heterocycles. The van der Waals surface area contributed by atoms with Crippen molar-refractivity contribution in [3.63, 3.8) is 0 Å². The Morgan fingerprint density at radius 2 is 1.71 bits per heavy atom. The van der Waals surface area contributed by atoms with Gasteiger partial charge < -0.3 is 19.8 Å². The van der Waals surface area contributed by atoms with E-state index >= 15 is 0 Å². The van der Waals surface area contributed by atoms with Gasteiger partial charge in [-0.1, -0.05) is 12.8 Å². The first kappa shape index (κ1) is 16.1. The van der Waals surface area contributed by atoms with Gasteiger partial charge in [0, 0.05) is 13.1 Å². The van der Waals surface area contributed by atoms with Crippen molar-refractivity contribution >= 4 is 12.1 Å². The first-order valence-corrected chi connectivity index (χ1v) is 7.53. The average molecular weight is 299 g/mol. The molecule has 1 amide bonds. The van der Waals surface area contributed by atoms with E-state index in [4.69, 9.17) is 4.74 Å². The van der Waals surface area contributed by atoms with Gasteiger partial charge >= 0.3 is 12.1 Å². The predicted octanol–water partition coefficient (Wildman–Crippen LogP) is 2.00. The van der Waals surface area contributed by atoms with Crippen LogP contribution in [-0.4, -0.2) is 51.5 Å². The zero-order valence-electron chi connectivity index (χ0n) is 13.0. The zero-order chi connectivity index (χ0) is 15.9. The van der Waals surface area contributed by atoms with Crippen LogP contribution in [0.4, 0.5) is 4.79 Å². The van der Waals surface area contributed by atoms with E-state index in [0.29, 0.717) is 19.4 Å². The molecule has 2 aliphatic rings. The molecule has 2 N–H and O–H groups in total. The van der Waals surface area contributed by atoms with Crippen molar-refractivity contribution in [1.82, 2.24) is 4.90 Å². The SMILES string of the molecule is CC(C)(C)OC(=O)N1CCC(C(=O)O)(C2(O)CCCC2)C1. The molecule has 1 unspecified atom stereocenters. The van der Waals surface area contributed by atoms with Gasteiger partial charge in [0.2, 0.25) is 0 Å². The van der Waals surface area contributed by atoms with E-state index in [-0.39, 0.29) is 13.0 Å². The summed E-state index contributed by atoms with van der Waals surface area (Å²) >= 11 is 0. The molecule has 120 valence electrons. The number of hydrogen-bond acceptors (Lipinski definition) is 4. The Kier molecular flexibility index (Phi) is 3.95. The second-order valence-electron chi connectivity index (χ2n) is 7.28. The Hall–Kier alpha value is -1.30. The minimum Gasteiger partial charge on any atom is -0.481 e. The van der Waals surface area contributed by atoms with Crippen LogP contribution in [0.5, 0.6) is 0 Å². The predicted molar refractivity (Wildman–Crippen MR) is 75.9 cm³/mol. The number of likely N-dealkylation sites (tertiary alicyclic amines) is 1. The molecule has 0 aromatic heterocycles. The lowest BCUT2D eigenvalue weighted by Gasteiger charge is -2.39. The van der Waals surface area contributed by atoms with Crippen LogP contribution in [0.3, 0.4) is 0 Å². The van der Waals surface area contributed by atoms with Crippen LogP contribution >= 0.6 is 0 Å². The van der Waals surface area contributed by atoms with Crippen LogP contribution in [0, 0.1) is 5.41 Å². The maximum atomic E-state index is 12.1. The number of aliphatic hydroxyl groups is 1. The van der Waals surface area contributed by atoms with Crippen LogP contribution in [0.25, 0.3) is 0 Å². The number of rotatable bonds is 2. The van der Waals surface area contributed by atoms with E-state index in [9.17, 15) is 19.8 Å². The van der Waals surface area contributed by atoms with Gasteiger partial charge in [0.25, 0.3) is 0 Å². The Bertz CT molecular complexity index is 436. The van der Waals surface area contributed by atoms with Crippen molar-refractivity contribution in [1.29, 1.82) is 0 Å². The lowest BCUT2D eigenvalue weighted by Crippen LogP contribution is -2.54. The van der Waals surface area contributed by atoms with Crippen molar-refractivity contribution in [3.05, 3.63) is 0 Å². The van der Waals surface area contributed by atoms with Crippen LogP contribution in [-0.2, 0) is 9.53 Å². The molecule has 0 aromatic carbocycles. The topological polar surface area (TPSA) is 87.1 Å². The normalized spacial score (nSPS) is 28.7. The molecule has 6 heteroatoms. The Labute approximate surface area is 125 Å². The number of ether oxygens (including phenoxy) is 1. The van der Waals surface area contributed by atoms with E-state index in [1.165, 1.54) is 4.90 Å². The Morgan fingerprint density at radius 1 is 1.14 bits per heavy atom. The van der Waals surface area contributed by atoms with E-state index in [0.717, 1.165) is 12.8 Å². The second kappa shape index (κ2) is 5.16. The van der Waals surface area contributed by atoms with Crippen molar-refractivity contribution in [3.8, 4) is 0 Å². The largest absolute Gasteiger partial charge is 0.481 e. The van der Waals surface area contributed by atoms with Gasteiger partial charge in [-0.05, 0) is 40.0 Å². The van der Waals surface area contributed by atoms with Crippen LogP contribution in [0.1, 0.15) is 52.9 Å². The van der Waals surface area contributed by atoms with Crippen LogP contribution in [0.2, 0.25) is 0 Å². The molecule has 1 aliphatic carbocycles.